The van der Waals surface area contributed by atoms with E-state index in [1.165, 1.54) is 37.3 Å². The smallest absolute Gasteiger partial charge is 0.337 e. The van der Waals surface area contributed by atoms with E-state index in [0.717, 1.165) is 24.1 Å². The topological polar surface area (TPSA) is 97.5 Å². The first-order chi connectivity index (χ1) is 13.0. The van der Waals surface area contributed by atoms with Crippen LogP contribution in [0.2, 0.25) is 0 Å². The van der Waals surface area contributed by atoms with E-state index in [2.05, 4.69) is 15.1 Å². The first kappa shape index (κ1) is 17.7. The van der Waals surface area contributed by atoms with Crippen LogP contribution >= 0.6 is 0 Å². The number of H-pyrrole nitrogens is 1. The van der Waals surface area contributed by atoms with Crippen LogP contribution < -0.4 is 16.0 Å². The summed E-state index contributed by atoms with van der Waals surface area (Å²) < 4.78 is 5.16. The number of oxime groups is 1. The molecule has 0 spiro atoms. The highest BCUT2D eigenvalue weighted by Crippen LogP contribution is 2.29. The van der Waals surface area contributed by atoms with Crippen molar-refractivity contribution >= 4 is 16.8 Å². The third-order valence-electron chi connectivity index (χ3n) is 5.72. The zero-order chi connectivity index (χ0) is 19.0. The number of aromatic nitrogens is 2. The Morgan fingerprint density at radius 3 is 2.78 bits per heavy atom. The molecule has 1 saturated carbocycles. The van der Waals surface area contributed by atoms with E-state index in [1.54, 1.807) is 0 Å². The summed E-state index contributed by atoms with van der Waals surface area (Å²) in [6.45, 7) is 4.00. The van der Waals surface area contributed by atoms with Gasteiger partial charge in [0.2, 0.25) is 5.71 Å². The van der Waals surface area contributed by atoms with Crippen LogP contribution in [0.3, 0.4) is 0 Å². The minimum Gasteiger partial charge on any atom is -0.403 e. The summed E-state index contributed by atoms with van der Waals surface area (Å²) in [5, 5.41) is 4.34. The number of fused-ring (bicyclic) bond motifs is 1. The monoisotopic (exact) mass is 369 g/mol. The van der Waals surface area contributed by atoms with Crippen LogP contribution in [-0.2, 0) is 6.42 Å². The molecule has 2 aliphatic carbocycles. The number of allylic oxidation sites excluding steroid dienone is 2. The fourth-order valence-electron chi connectivity index (χ4n) is 3.88. The van der Waals surface area contributed by atoms with Crippen LogP contribution in [0.15, 0.2) is 36.4 Å². The second-order valence-corrected chi connectivity index (χ2v) is 7.54. The average Bonchev–Trinajstić information content (AvgIpc) is 3.15. The summed E-state index contributed by atoms with van der Waals surface area (Å²) in [7, 11) is 0. The van der Waals surface area contributed by atoms with Gasteiger partial charge >= 0.3 is 11.6 Å². The number of hydrogen-bond acceptors (Lipinski definition) is 6. The Bertz CT molecular complexity index is 1060. The fourth-order valence-corrected chi connectivity index (χ4v) is 3.88. The van der Waals surface area contributed by atoms with Crippen molar-refractivity contribution in [2.75, 3.05) is 0 Å². The van der Waals surface area contributed by atoms with E-state index in [0.29, 0.717) is 23.3 Å². The first-order valence-corrected chi connectivity index (χ1v) is 9.49. The van der Waals surface area contributed by atoms with Crippen molar-refractivity contribution in [3.05, 3.63) is 43.5 Å². The minimum absolute atomic E-state index is 0.0000686. The molecular weight excluding hydrogens is 346 g/mol. The normalized spacial score (nSPS) is 19.1. The maximum Gasteiger partial charge on any atom is 0.337 e. The lowest BCUT2D eigenvalue weighted by atomic mass is 9.89. The van der Waals surface area contributed by atoms with E-state index in [4.69, 9.17) is 9.25 Å². The molecule has 0 aliphatic heterocycles. The molecule has 2 aliphatic rings. The van der Waals surface area contributed by atoms with Crippen molar-refractivity contribution in [1.29, 1.82) is 0 Å². The van der Waals surface area contributed by atoms with Crippen LogP contribution in [0, 0.1) is 5.92 Å². The predicted molar refractivity (Wildman–Crippen MR) is 102 cm³/mol. The van der Waals surface area contributed by atoms with Gasteiger partial charge in [-0.15, -0.1) is 0 Å². The first-order valence-electron chi connectivity index (χ1n) is 9.49. The maximum absolute atomic E-state index is 12.6. The molecule has 1 N–H and O–H groups in total. The molecule has 0 radical (unpaired) electrons. The largest absolute Gasteiger partial charge is 0.403 e. The lowest BCUT2D eigenvalue weighted by Crippen LogP contribution is -2.17. The number of hydrogen-bond donors (Lipinski definition) is 1. The third-order valence-corrected chi connectivity index (χ3v) is 5.72. The quantitative estimate of drug-likeness (QED) is 0.814. The number of aryl methyl sites for hydroxylation is 1. The molecule has 0 aromatic carbocycles. The molecule has 2 heterocycles. The Balaban J connectivity index is 1.62. The van der Waals surface area contributed by atoms with Crippen molar-refractivity contribution in [3.8, 4) is 6.01 Å². The molecule has 0 bridgehead atoms. The molecule has 7 heteroatoms. The van der Waals surface area contributed by atoms with Gasteiger partial charge in [-0.05, 0) is 43.7 Å². The summed E-state index contributed by atoms with van der Waals surface area (Å²) in [6, 6.07) is 1.33. The van der Waals surface area contributed by atoms with Crippen molar-refractivity contribution in [3.63, 3.8) is 0 Å². The van der Waals surface area contributed by atoms with Gasteiger partial charge in [0.1, 0.15) is 5.39 Å². The molecule has 1 fully saturated rings. The Kier molecular flexibility index (Phi) is 4.68. The SMILES string of the molecule is CC1=C(C)/C(=N\Oc2nc3oc(=O)cc(CCC4CCCC4)c3c(=O)[nH]2)C1. The maximum atomic E-state index is 12.6. The Morgan fingerprint density at radius 2 is 2.07 bits per heavy atom. The second-order valence-electron chi connectivity index (χ2n) is 7.54. The van der Waals surface area contributed by atoms with Gasteiger partial charge in [0.05, 0.1) is 5.71 Å². The number of rotatable bonds is 5. The Hall–Kier alpha value is -2.70. The van der Waals surface area contributed by atoms with Gasteiger partial charge in [0.25, 0.3) is 5.56 Å². The zero-order valence-electron chi connectivity index (χ0n) is 15.6. The van der Waals surface area contributed by atoms with E-state index in [9.17, 15) is 9.59 Å². The van der Waals surface area contributed by atoms with Gasteiger partial charge in [-0.3, -0.25) is 9.78 Å². The molecule has 0 atom stereocenters. The Morgan fingerprint density at radius 1 is 1.30 bits per heavy atom. The molecule has 4 rings (SSSR count). The molecule has 2 aromatic rings. The van der Waals surface area contributed by atoms with Crippen molar-refractivity contribution in [2.45, 2.75) is 58.8 Å². The fraction of sp³-hybridized carbons (Fsp3) is 0.500. The molecule has 27 heavy (non-hydrogen) atoms. The molecule has 0 saturated heterocycles. The molecule has 7 nitrogen and oxygen atoms in total. The van der Waals surface area contributed by atoms with E-state index in [-0.39, 0.29) is 17.3 Å². The van der Waals surface area contributed by atoms with Crippen molar-refractivity contribution < 1.29 is 9.25 Å². The number of nitrogens with zero attached hydrogens (tertiary/aromatic N) is 2. The highest BCUT2D eigenvalue weighted by molar-refractivity contribution is 6.07. The van der Waals surface area contributed by atoms with Gasteiger partial charge in [0, 0.05) is 12.5 Å². The van der Waals surface area contributed by atoms with Crippen molar-refractivity contribution in [2.24, 2.45) is 11.1 Å². The summed E-state index contributed by atoms with van der Waals surface area (Å²) in [6.07, 6.45) is 7.37. The standard InChI is InChI=1S/C20H23N3O4/c1-11-9-15(12(11)2)23-27-20-21-18(25)17-14(8-7-13-5-3-4-6-13)10-16(24)26-19(17)22-20/h10,13H,3-9H2,1-2H3,(H,21,22,25)/b23-15-. The van der Waals surface area contributed by atoms with E-state index in [1.807, 2.05) is 13.8 Å². The lowest BCUT2D eigenvalue weighted by molar-refractivity contribution is 0.309. The summed E-state index contributed by atoms with van der Waals surface area (Å²) in [4.78, 5) is 36.5. The van der Waals surface area contributed by atoms with Gasteiger partial charge < -0.3 is 9.25 Å². The van der Waals surface area contributed by atoms with E-state index < -0.39 is 5.63 Å². The summed E-state index contributed by atoms with van der Waals surface area (Å²) in [5.74, 6) is 0.667. The van der Waals surface area contributed by atoms with Gasteiger partial charge in [0.15, 0.2) is 0 Å². The van der Waals surface area contributed by atoms with Gasteiger partial charge in [-0.2, -0.15) is 4.98 Å². The van der Waals surface area contributed by atoms with Crippen LogP contribution in [0.1, 0.15) is 57.9 Å². The summed E-state index contributed by atoms with van der Waals surface area (Å²) >= 11 is 0. The minimum atomic E-state index is -0.507. The zero-order valence-corrected chi connectivity index (χ0v) is 15.6. The lowest BCUT2D eigenvalue weighted by Gasteiger charge is -2.18. The van der Waals surface area contributed by atoms with Crippen LogP contribution in [0.5, 0.6) is 6.01 Å². The van der Waals surface area contributed by atoms with Gasteiger partial charge in [-0.25, -0.2) is 4.79 Å². The highest BCUT2D eigenvalue weighted by Gasteiger charge is 2.20. The van der Waals surface area contributed by atoms with Crippen LogP contribution in [0.25, 0.3) is 11.1 Å². The molecule has 0 unspecified atom stereocenters. The Labute approximate surface area is 156 Å². The molecule has 142 valence electrons. The predicted octanol–water partition coefficient (Wildman–Crippen LogP) is 3.47. The van der Waals surface area contributed by atoms with Crippen LogP contribution in [0.4, 0.5) is 0 Å². The average molecular weight is 369 g/mol. The number of aromatic amines is 1. The molecular formula is C20H23N3O4. The molecule has 2 aromatic heterocycles. The van der Waals surface area contributed by atoms with Crippen molar-refractivity contribution in [1.82, 2.24) is 9.97 Å². The summed E-state index contributed by atoms with van der Waals surface area (Å²) in [5.41, 5.74) is 2.97. The van der Waals surface area contributed by atoms with Gasteiger partial charge in [-0.1, -0.05) is 36.4 Å². The van der Waals surface area contributed by atoms with E-state index >= 15 is 0 Å². The third kappa shape index (κ3) is 3.59. The van der Waals surface area contributed by atoms with Crippen LogP contribution in [-0.4, -0.2) is 15.7 Å². The molecule has 0 amide bonds. The second kappa shape index (κ2) is 7.13. The number of nitrogens with one attached hydrogen (secondary N) is 1. The highest BCUT2D eigenvalue weighted by atomic mass is 16.6.